The van der Waals surface area contributed by atoms with Gasteiger partial charge in [0, 0.05) is 18.5 Å². The number of benzene rings is 1. The van der Waals surface area contributed by atoms with Crippen molar-refractivity contribution < 1.29 is 9.21 Å². The quantitative estimate of drug-likeness (QED) is 0.924. The number of aryl methyl sites for hydroxylation is 1. The molecule has 1 amide bonds. The zero-order valence-corrected chi connectivity index (χ0v) is 10.7. The van der Waals surface area contributed by atoms with Crippen LogP contribution in [-0.4, -0.2) is 17.4 Å². The molecule has 18 heavy (non-hydrogen) atoms. The van der Waals surface area contributed by atoms with Crippen LogP contribution in [0.15, 0.2) is 34.9 Å². The Balaban J connectivity index is 1.82. The molecule has 0 bridgehead atoms. The van der Waals surface area contributed by atoms with Gasteiger partial charge in [-0.05, 0) is 24.1 Å². The van der Waals surface area contributed by atoms with E-state index in [0.29, 0.717) is 23.2 Å². The Hall–Kier alpha value is -1.81. The van der Waals surface area contributed by atoms with Crippen LogP contribution in [0.5, 0.6) is 0 Å². The molecule has 2 aromatic rings. The maximum Gasteiger partial charge on any atom is 0.273 e. The van der Waals surface area contributed by atoms with Gasteiger partial charge in [0.25, 0.3) is 5.91 Å². The van der Waals surface area contributed by atoms with E-state index in [4.69, 9.17) is 16.0 Å². The average molecular weight is 265 g/mol. The molecular weight excluding hydrogens is 252 g/mol. The SMILES string of the molecule is Cc1nc(C(=O)NCCc2ccc(Cl)cc2)co1. The summed E-state index contributed by atoms with van der Waals surface area (Å²) in [5.41, 5.74) is 1.43. The Morgan fingerprint density at radius 2 is 2.11 bits per heavy atom. The molecule has 0 unspecified atom stereocenters. The third-order valence-corrected chi connectivity index (χ3v) is 2.72. The molecule has 5 heteroatoms. The molecule has 1 aromatic heterocycles. The van der Waals surface area contributed by atoms with Crippen molar-refractivity contribution in [2.24, 2.45) is 0 Å². The minimum Gasteiger partial charge on any atom is -0.448 e. The second-order valence-electron chi connectivity index (χ2n) is 3.88. The Morgan fingerprint density at radius 1 is 1.39 bits per heavy atom. The Morgan fingerprint density at radius 3 is 2.72 bits per heavy atom. The Kier molecular flexibility index (Phi) is 3.99. The average Bonchev–Trinajstić information content (AvgIpc) is 2.78. The van der Waals surface area contributed by atoms with Gasteiger partial charge in [0.15, 0.2) is 11.6 Å². The van der Waals surface area contributed by atoms with Crippen LogP contribution in [0.4, 0.5) is 0 Å². The minimum atomic E-state index is -0.221. The van der Waals surface area contributed by atoms with Crippen LogP contribution in [0.2, 0.25) is 5.02 Å². The summed E-state index contributed by atoms with van der Waals surface area (Å²) in [4.78, 5) is 15.6. The molecule has 0 fully saturated rings. The second kappa shape index (κ2) is 5.69. The summed E-state index contributed by atoms with van der Waals surface area (Å²) in [6.07, 6.45) is 2.10. The fourth-order valence-corrected chi connectivity index (χ4v) is 1.66. The summed E-state index contributed by atoms with van der Waals surface area (Å²) in [5, 5.41) is 3.49. The van der Waals surface area contributed by atoms with Gasteiger partial charge >= 0.3 is 0 Å². The van der Waals surface area contributed by atoms with Crippen LogP contribution in [0.3, 0.4) is 0 Å². The summed E-state index contributed by atoms with van der Waals surface area (Å²) < 4.78 is 4.98. The predicted molar refractivity (Wildman–Crippen MR) is 68.7 cm³/mol. The van der Waals surface area contributed by atoms with Crippen LogP contribution < -0.4 is 5.32 Å². The Bertz CT molecular complexity index is 534. The number of nitrogens with zero attached hydrogens (tertiary/aromatic N) is 1. The van der Waals surface area contributed by atoms with E-state index in [1.807, 2.05) is 24.3 Å². The highest BCUT2D eigenvalue weighted by molar-refractivity contribution is 6.30. The molecule has 4 nitrogen and oxygen atoms in total. The topological polar surface area (TPSA) is 55.1 Å². The van der Waals surface area contributed by atoms with E-state index in [0.717, 1.165) is 12.0 Å². The number of hydrogen-bond donors (Lipinski definition) is 1. The normalized spacial score (nSPS) is 10.3. The van der Waals surface area contributed by atoms with Crippen LogP contribution in [0, 0.1) is 6.92 Å². The highest BCUT2D eigenvalue weighted by Crippen LogP contribution is 2.09. The maximum atomic E-state index is 11.6. The lowest BCUT2D eigenvalue weighted by atomic mass is 10.1. The van der Waals surface area contributed by atoms with Gasteiger partial charge in [-0.25, -0.2) is 4.98 Å². The summed E-state index contributed by atoms with van der Waals surface area (Å²) in [5.74, 6) is 0.263. The number of rotatable bonds is 4. The monoisotopic (exact) mass is 264 g/mol. The molecular formula is C13H13ClN2O2. The molecule has 0 atom stereocenters. The molecule has 1 aromatic carbocycles. The van der Waals surface area contributed by atoms with E-state index in [1.165, 1.54) is 6.26 Å². The van der Waals surface area contributed by atoms with E-state index in [9.17, 15) is 4.79 Å². The van der Waals surface area contributed by atoms with Gasteiger partial charge in [-0.2, -0.15) is 0 Å². The third-order valence-electron chi connectivity index (χ3n) is 2.46. The van der Waals surface area contributed by atoms with Crippen LogP contribution in [-0.2, 0) is 6.42 Å². The number of carbonyl (C=O) groups is 1. The molecule has 1 heterocycles. The molecule has 0 saturated heterocycles. The van der Waals surface area contributed by atoms with Crippen molar-refractivity contribution in [3.63, 3.8) is 0 Å². The molecule has 94 valence electrons. The van der Waals surface area contributed by atoms with Crippen molar-refractivity contribution >= 4 is 17.5 Å². The first kappa shape index (κ1) is 12.6. The lowest BCUT2D eigenvalue weighted by molar-refractivity contribution is 0.0949. The van der Waals surface area contributed by atoms with E-state index >= 15 is 0 Å². The highest BCUT2D eigenvalue weighted by Gasteiger charge is 2.09. The van der Waals surface area contributed by atoms with Crippen molar-refractivity contribution in [3.8, 4) is 0 Å². The number of nitrogens with one attached hydrogen (secondary N) is 1. The standard InChI is InChI=1S/C13H13ClN2O2/c1-9-16-12(8-18-9)13(17)15-7-6-10-2-4-11(14)5-3-10/h2-5,8H,6-7H2,1H3,(H,15,17). The first-order valence-electron chi connectivity index (χ1n) is 5.60. The van der Waals surface area contributed by atoms with Gasteiger partial charge in [0.1, 0.15) is 6.26 Å². The molecule has 1 N–H and O–H groups in total. The summed E-state index contributed by atoms with van der Waals surface area (Å²) in [6, 6.07) is 7.54. The number of aromatic nitrogens is 1. The van der Waals surface area contributed by atoms with Crippen molar-refractivity contribution in [2.45, 2.75) is 13.3 Å². The van der Waals surface area contributed by atoms with Gasteiger partial charge in [0.2, 0.25) is 0 Å². The summed E-state index contributed by atoms with van der Waals surface area (Å²) in [6.45, 7) is 2.25. The van der Waals surface area contributed by atoms with Gasteiger partial charge in [-0.3, -0.25) is 4.79 Å². The molecule has 0 aliphatic carbocycles. The number of oxazole rings is 1. The largest absolute Gasteiger partial charge is 0.448 e. The molecule has 0 saturated carbocycles. The fourth-order valence-electron chi connectivity index (χ4n) is 1.53. The van der Waals surface area contributed by atoms with E-state index in [1.54, 1.807) is 6.92 Å². The molecule has 0 spiro atoms. The summed E-state index contributed by atoms with van der Waals surface area (Å²) >= 11 is 5.79. The van der Waals surface area contributed by atoms with Crippen molar-refractivity contribution in [1.82, 2.24) is 10.3 Å². The highest BCUT2D eigenvalue weighted by atomic mass is 35.5. The smallest absolute Gasteiger partial charge is 0.273 e. The van der Waals surface area contributed by atoms with E-state index in [-0.39, 0.29) is 5.91 Å². The van der Waals surface area contributed by atoms with Gasteiger partial charge in [0.05, 0.1) is 0 Å². The summed E-state index contributed by atoms with van der Waals surface area (Å²) in [7, 11) is 0. The van der Waals surface area contributed by atoms with Crippen LogP contribution in [0.1, 0.15) is 21.9 Å². The van der Waals surface area contributed by atoms with Gasteiger partial charge in [-0.1, -0.05) is 23.7 Å². The van der Waals surface area contributed by atoms with E-state index < -0.39 is 0 Å². The molecule has 0 aliphatic heterocycles. The van der Waals surface area contributed by atoms with Crippen molar-refractivity contribution in [1.29, 1.82) is 0 Å². The lowest BCUT2D eigenvalue weighted by Crippen LogP contribution is -2.25. The second-order valence-corrected chi connectivity index (χ2v) is 4.32. The number of amides is 1. The predicted octanol–water partition coefficient (Wildman–Crippen LogP) is 2.61. The van der Waals surface area contributed by atoms with Gasteiger partial charge < -0.3 is 9.73 Å². The zero-order chi connectivity index (χ0) is 13.0. The zero-order valence-electron chi connectivity index (χ0n) is 9.94. The lowest BCUT2D eigenvalue weighted by Gasteiger charge is -2.03. The fraction of sp³-hybridized carbons (Fsp3) is 0.231. The van der Waals surface area contributed by atoms with Crippen LogP contribution >= 0.6 is 11.6 Å². The number of halogens is 1. The molecule has 0 aliphatic rings. The van der Waals surface area contributed by atoms with Crippen molar-refractivity contribution in [2.75, 3.05) is 6.54 Å². The van der Waals surface area contributed by atoms with Crippen LogP contribution in [0.25, 0.3) is 0 Å². The minimum absolute atomic E-state index is 0.221. The first-order chi connectivity index (χ1) is 8.65. The van der Waals surface area contributed by atoms with Crippen molar-refractivity contribution in [3.05, 3.63) is 52.7 Å². The van der Waals surface area contributed by atoms with Gasteiger partial charge in [-0.15, -0.1) is 0 Å². The Labute approximate surface area is 110 Å². The first-order valence-corrected chi connectivity index (χ1v) is 5.98. The molecule has 2 rings (SSSR count). The third kappa shape index (κ3) is 3.34. The van der Waals surface area contributed by atoms with E-state index in [2.05, 4.69) is 10.3 Å². The maximum absolute atomic E-state index is 11.6. The molecule has 0 radical (unpaired) electrons. The number of carbonyl (C=O) groups excluding carboxylic acids is 1. The number of hydrogen-bond acceptors (Lipinski definition) is 3.